The number of nitrogens with one attached hydrogen (secondary N) is 1. The van der Waals surface area contributed by atoms with Crippen molar-refractivity contribution in [1.82, 2.24) is 10.3 Å². The molecule has 4 nitrogen and oxygen atoms in total. The zero-order valence-corrected chi connectivity index (χ0v) is 11.0. The molecule has 1 amide bonds. The van der Waals surface area contributed by atoms with Crippen LogP contribution in [0.1, 0.15) is 16.8 Å². The van der Waals surface area contributed by atoms with E-state index in [9.17, 15) is 4.79 Å². The molecule has 0 aromatic carbocycles. The molecular formula is C10H12BrN3OS. The Hall–Kier alpha value is -0.750. The highest BCUT2D eigenvalue weighted by Gasteiger charge is 2.20. The lowest BCUT2D eigenvalue weighted by atomic mass is 10.2. The first-order valence-electron chi connectivity index (χ1n) is 4.96. The SMILES string of the molecule is Nc1ncc(Br)cc1C(=O)NC1CCSC1. The Bertz CT molecular complexity index is 407. The number of halogens is 1. The maximum atomic E-state index is 11.9. The number of nitrogen functional groups attached to an aromatic ring is 1. The summed E-state index contributed by atoms with van der Waals surface area (Å²) in [6, 6.07) is 1.95. The van der Waals surface area contributed by atoms with Crippen LogP contribution in [0.2, 0.25) is 0 Å². The number of rotatable bonds is 2. The van der Waals surface area contributed by atoms with E-state index in [1.54, 1.807) is 12.3 Å². The van der Waals surface area contributed by atoms with Gasteiger partial charge in [0.15, 0.2) is 0 Å². The first-order valence-corrected chi connectivity index (χ1v) is 6.91. The van der Waals surface area contributed by atoms with E-state index in [2.05, 4.69) is 26.2 Å². The average Bonchev–Trinajstić information content (AvgIpc) is 2.74. The molecule has 86 valence electrons. The van der Waals surface area contributed by atoms with Crippen LogP contribution in [0.25, 0.3) is 0 Å². The minimum atomic E-state index is -0.140. The van der Waals surface area contributed by atoms with E-state index in [-0.39, 0.29) is 17.8 Å². The minimum Gasteiger partial charge on any atom is -0.383 e. The van der Waals surface area contributed by atoms with Gasteiger partial charge in [-0.1, -0.05) is 0 Å². The molecule has 0 spiro atoms. The van der Waals surface area contributed by atoms with Crippen LogP contribution in [-0.4, -0.2) is 28.4 Å². The van der Waals surface area contributed by atoms with Crippen molar-refractivity contribution in [3.63, 3.8) is 0 Å². The number of carbonyl (C=O) groups excluding carboxylic acids is 1. The van der Waals surface area contributed by atoms with E-state index >= 15 is 0 Å². The van der Waals surface area contributed by atoms with Gasteiger partial charge >= 0.3 is 0 Å². The first kappa shape index (κ1) is 11.7. The third-order valence-electron chi connectivity index (χ3n) is 2.39. The summed E-state index contributed by atoms with van der Waals surface area (Å²) in [6.07, 6.45) is 2.61. The van der Waals surface area contributed by atoms with Crippen molar-refractivity contribution in [2.45, 2.75) is 12.5 Å². The Balaban J connectivity index is 2.10. The van der Waals surface area contributed by atoms with Gasteiger partial charge in [0.2, 0.25) is 0 Å². The normalized spacial score (nSPS) is 19.7. The van der Waals surface area contributed by atoms with Crippen LogP contribution in [0.15, 0.2) is 16.7 Å². The number of nitrogens with zero attached hydrogens (tertiary/aromatic N) is 1. The Morgan fingerprint density at radius 1 is 1.69 bits per heavy atom. The molecule has 0 radical (unpaired) electrons. The van der Waals surface area contributed by atoms with Crippen molar-refractivity contribution in [3.05, 3.63) is 22.3 Å². The third-order valence-corrected chi connectivity index (χ3v) is 3.99. The summed E-state index contributed by atoms with van der Waals surface area (Å²) in [5, 5.41) is 2.96. The Morgan fingerprint density at radius 3 is 3.19 bits per heavy atom. The van der Waals surface area contributed by atoms with Gasteiger partial charge in [-0.05, 0) is 34.2 Å². The number of aromatic nitrogens is 1. The summed E-state index contributed by atoms with van der Waals surface area (Å²) in [5.41, 5.74) is 6.10. The Kier molecular flexibility index (Phi) is 3.70. The van der Waals surface area contributed by atoms with Crippen LogP contribution in [0.5, 0.6) is 0 Å². The fourth-order valence-electron chi connectivity index (χ4n) is 1.54. The lowest BCUT2D eigenvalue weighted by molar-refractivity contribution is 0.0941. The predicted molar refractivity (Wildman–Crippen MR) is 69.5 cm³/mol. The minimum absolute atomic E-state index is 0.140. The smallest absolute Gasteiger partial charge is 0.255 e. The number of pyridine rings is 1. The lowest BCUT2D eigenvalue weighted by Crippen LogP contribution is -2.35. The summed E-state index contributed by atoms with van der Waals surface area (Å²) in [4.78, 5) is 15.9. The summed E-state index contributed by atoms with van der Waals surface area (Å²) in [7, 11) is 0. The molecule has 0 bridgehead atoms. The fourth-order valence-corrected chi connectivity index (χ4v) is 3.03. The zero-order valence-electron chi connectivity index (χ0n) is 8.57. The Morgan fingerprint density at radius 2 is 2.50 bits per heavy atom. The average molecular weight is 302 g/mol. The molecule has 0 aliphatic carbocycles. The van der Waals surface area contributed by atoms with Crippen LogP contribution in [0, 0.1) is 0 Å². The number of hydrogen-bond acceptors (Lipinski definition) is 4. The van der Waals surface area contributed by atoms with Crippen molar-refractivity contribution in [2.75, 3.05) is 17.2 Å². The number of anilines is 1. The molecule has 1 fully saturated rings. The molecule has 2 heterocycles. The number of hydrogen-bond donors (Lipinski definition) is 2. The monoisotopic (exact) mass is 301 g/mol. The van der Waals surface area contributed by atoms with E-state index in [1.807, 2.05) is 11.8 Å². The maximum Gasteiger partial charge on any atom is 0.255 e. The van der Waals surface area contributed by atoms with E-state index in [0.29, 0.717) is 5.56 Å². The van der Waals surface area contributed by atoms with Crippen molar-refractivity contribution < 1.29 is 4.79 Å². The molecule has 1 aliphatic heterocycles. The largest absolute Gasteiger partial charge is 0.383 e. The van der Waals surface area contributed by atoms with Crippen molar-refractivity contribution in [3.8, 4) is 0 Å². The van der Waals surface area contributed by atoms with Gasteiger partial charge in [-0.3, -0.25) is 4.79 Å². The number of nitrogens with two attached hydrogens (primary N) is 1. The van der Waals surface area contributed by atoms with Gasteiger partial charge in [0.25, 0.3) is 5.91 Å². The number of carbonyl (C=O) groups is 1. The fraction of sp³-hybridized carbons (Fsp3) is 0.400. The maximum absolute atomic E-state index is 11.9. The van der Waals surface area contributed by atoms with Gasteiger partial charge in [-0.25, -0.2) is 4.98 Å². The van der Waals surface area contributed by atoms with Crippen molar-refractivity contribution in [1.29, 1.82) is 0 Å². The molecule has 3 N–H and O–H groups in total. The van der Waals surface area contributed by atoms with Crippen molar-refractivity contribution in [2.24, 2.45) is 0 Å². The highest BCUT2D eigenvalue weighted by molar-refractivity contribution is 9.10. The molecule has 1 unspecified atom stereocenters. The van der Waals surface area contributed by atoms with E-state index < -0.39 is 0 Å². The molecule has 1 aromatic rings. The standard InChI is InChI=1S/C10H12BrN3OS/c11-6-3-8(9(12)13-4-6)10(15)14-7-1-2-16-5-7/h3-4,7H,1-2,5H2,(H2,12,13)(H,14,15). The predicted octanol–water partition coefficient (Wildman–Crippen LogP) is 1.66. The summed E-state index contributed by atoms with van der Waals surface area (Å²) in [6.45, 7) is 0. The van der Waals surface area contributed by atoms with E-state index in [1.165, 1.54) is 0 Å². The second-order valence-corrected chi connectivity index (χ2v) is 5.69. The molecule has 1 aliphatic rings. The summed E-state index contributed by atoms with van der Waals surface area (Å²) in [5.74, 6) is 2.22. The summed E-state index contributed by atoms with van der Waals surface area (Å²) >= 11 is 5.13. The topological polar surface area (TPSA) is 68.0 Å². The second-order valence-electron chi connectivity index (χ2n) is 3.62. The number of thioether (sulfide) groups is 1. The van der Waals surface area contributed by atoms with E-state index in [0.717, 1.165) is 22.4 Å². The zero-order chi connectivity index (χ0) is 11.5. The van der Waals surface area contributed by atoms with Crippen LogP contribution in [0.3, 0.4) is 0 Å². The van der Waals surface area contributed by atoms with Crippen molar-refractivity contribution >= 4 is 39.4 Å². The molecular weight excluding hydrogens is 290 g/mol. The second kappa shape index (κ2) is 5.05. The van der Waals surface area contributed by atoms with Gasteiger partial charge in [-0.15, -0.1) is 0 Å². The van der Waals surface area contributed by atoms with Gasteiger partial charge < -0.3 is 11.1 Å². The molecule has 1 atom stereocenters. The first-order chi connectivity index (χ1) is 7.66. The van der Waals surface area contributed by atoms with E-state index in [4.69, 9.17) is 5.73 Å². The molecule has 16 heavy (non-hydrogen) atoms. The van der Waals surface area contributed by atoms with Gasteiger partial charge in [0, 0.05) is 22.5 Å². The van der Waals surface area contributed by atoms with Gasteiger partial charge in [0.1, 0.15) is 5.82 Å². The number of amides is 1. The van der Waals surface area contributed by atoms with Crippen LogP contribution in [-0.2, 0) is 0 Å². The van der Waals surface area contributed by atoms with Gasteiger partial charge in [-0.2, -0.15) is 11.8 Å². The Labute approximate surface area is 107 Å². The molecule has 0 saturated carbocycles. The highest BCUT2D eigenvalue weighted by Crippen LogP contribution is 2.19. The lowest BCUT2D eigenvalue weighted by Gasteiger charge is -2.12. The van der Waals surface area contributed by atoms with Gasteiger partial charge in [0.05, 0.1) is 5.56 Å². The molecule has 2 rings (SSSR count). The molecule has 1 saturated heterocycles. The van der Waals surface area contributed by atoms with Crippen LogP contribution < -0.4 is 11.1 Å². The molecule has 1 aromatic heterocycles. The summed E-state index contributed by atoms with van der Waals surface area (Å²) < 4.78 is 0.757. The van der Waals surface area contributed by atoms with Crippen LogP contribution >= 0.6 is 27.7 Å². The molecule has 6 heteroatoms. The quantitative estimate of drug-likeness (QED) is 0.872. The highest BCUT2D eigenvalue weighted by atomic mass is 79.9. The van der Waals surface area contributed by atoms with Crippen LogP contribution in [0.4, 0.5) is 5.82 Å². The third kappa shape index (κ3) is 2.68.